The van der Waals surface area contributed by atoms with Gasteiger partial charge in [-0.2, -0.15) is 0 Å². The maximum atomic E-state index is 11.2. The highest BCUT2D eigenvalue weighted by Gasteiger charge is 2.28. The molecule has 4 nitrogen and oxygen atoms in total. The minimum atomic E-state index is -1.02. The van der Waals surface area contributed by atoms with Crippen LogP contribution in [-0.2, 0) is 16.0 Å². The van der Waals surface area contributed by atoms with E-state index < -0.39 is 12.0 Å². The van der Waals surface area contributed by atoms with Crippen LogP contribution in [0, 0.1) is 0 Å². The summed E-state index contributed by atoms with van der Waals surface area (Å²) in [6.07, 6.45) is 0.264. The number of fused-ring (bicyclic) bond motifs is 1. The van der Waals surface area contributed by atoms with E-state index in [4.69, 9.17) is 5.11 Å². The van der Waals surface area contributed by atoms with Gasteiger partial charge in [-0.25, -0.2) is 4.79 Å². The Kier molecular flexibility index (Phi) is 1.96. The number of carbonyl (C=O) groups excluding carboxylic acids is 1. The SMILES string of the molecule is O=C1Cc2ccccc2C(C(=O)O)N1. The van der Waals surface area contributed by atoms with E-state index in [0.717, 1.165) is 5.56 Å². The Bertz CT molecular complexity index is 400. The fraction of sp³-hybridized carbons (Fsp3) is 0.200. The number of carboxylic acid groups (broad SMARTS) is 1. The predicted molar refractivity (Wildman–Crippen MR) is 48.7 cm³/mol. The summed E-state index contributed by atoms with van der Waals surface area (Å²) < 4.78 is 0. The number of benzene rings is 1. The van der Waals surface area contributed by atoms with Gasteiger partial charge >= 0.3 is 5.97 Å². The van der Waals surface area contributed by atoms with Crippen LogP contribution in [0.2, 0.25) is 0 Å². The van der Waals surface area contributed by atoms with Crippen molar-refractivity contribution in [3.05, 3.63) is 35.4 Å². The summed E-state index contributed by atoms with van der Waals surface area (Å²) in [4.78, 5) is 22.0. The van der Waals surface area contributed by atoms with E-state index in [0.29, 0.717) is 5.56 Å². The maximum Gasteiger partial charge on any atom is 0.330 e. The molecular formula is C10H9NO3. The number of amides is 1. The summed E-state index contributed by atoms with van der Waals surface area (Å²) in [5.41, 5.74) is 1.48. The van der Waals surface area contributed by atoms with Crippen LogP contribution in [0.3, 0.4) is 0 Å². The van der Waals surface area contributed by atoms with Crippen LogP contribution in [0.15, 0.2) is 24.3 Å². The molecule has 0 radical (unpaired) electrons. The minimum Gasteiger partial charge on any atom is -0.479 e. The van der Waals surface area contributed by atoms with Crippen LogP contribution < -0.4 is 5.32 Å². The molecule has 0 saturated carbocycles. The number of hydrogen-bond acceptors (Lipinski definition) is 2. The van der Waals surface area contributed by atoms with Crippen molar-refractivity contribution in [1.29, 1.82) is 0 Å². The molecule has 2 rings (SSSR count). The van der Waals surface area contributed by atoms with Gasteiger partial charge in [0.05, 0.1) is 6.42 Å². The summed E-state index contributed by atoms with van der Waals surface area (Å²) in [6, 6.07) is 6.19. The lowest BCUT2D eigenvalue weighted by Crippen LogP contribution is -2.39. The van der Waals surface area contributed by atoms with Crippen molar-refractivity contribution in [3.8, 4) is 0 Å². The number of nitrogens with one attached hydrogen (secondary N) is 1. The van der Waals surface area contributed by atoms with E-state index in [1.165, 1.54) is 0 Å². The van der Waals surface area contributed by atoms with Gasteiger partial charge in [0.25, 0.3) is 0 Å². The third kappa shape index (κ3) is 1.35. The number of hydrogen-bond donors (Lipinski definition) is 2. The lowest BCUT2D eigenvalue weighted by atomic mass is 9.94. The standard InChI is InChI=1S/C10H9NO3/c12-8-5-6-3-1-2-4-7(6)9(11-8)10(13)14/h1-4,9H,5H2,(H,11,12)(H,13,14). The van der Waals surface area contributed by atoms with Crippen LogP contribution in [0.1, 0.15) is 17.2 Å². The van der Waals surface area contributed by atoms with Crippen LogP contribution in [0.25, 0.3) is 0 Å². The van der Waals surface area contributed by atoms with Gasteiger partial charge in [0.1, 0.15) is 0 Å². The average molecular weight is 191 g/mol. The molecule has 0 spiro atoms. The highest BCUT2D eigenvalue weighted by molar-refractivity contribution is 5.89. The first-order chi connectivity index (χ1) is 6.68. The van der Waals surface area contributed by atoms with Crippen LogP contribution in [-0.4, -0.2) is 17.0 Å². The summed E-state index contributed by atoms with van der Waals surface area (Å²) >= 11 is 0. The second-order valence-corrected chi connectivity index (χ2v) is 3.21. The van der Waals surface area contributed by atoms with Crippen molar-refractivity contribution < 1.29 is 14.7 Å². The molecule has 0 fully saturated rings. The molecule has 0 bridgehead atoms. The number of aliphatic carboxylic acids is 1. The lowest BCUT2D eigenvalue weighted by molar-refractivity contribution is -0.142. The Labute approximate surface area is 80.6 Å². The smallest absolute Gasteiger partial charge is 0.330 e. The monoisotopic (exact) mass is 191 g/mol. The molecule has 14 heavy (non-hydrogen) atoms. The molecule has 0 aromatic heterocycles. The van der Waals surface area contributed by atoms with E-state index in [1.807, 2.05) is 0 Å². The van der Waals surface area contributed by atoms with Crippen molar-refractivity contribution in [2.45, 2.75) is 12.5 Å². The van der Waals surface area contributed by atoms with Crippen LogP contribution >= 0.6 is 0 Å². The van der Waals surface area contributed by atoms with Gasteiger partial charge in [0.15, 0.2) is 6.04 Å². The molecular weight excluding hydrogens is 182 g/mol. The van der Waals surface area contributed by atoms with Gasteiger partial charge in [-0.05, 0) is 11.1 Å². The van der Waals surface area contributed by atoms with Gasteiger partial charge < -0.3 is 10.4 Å². The van der Waals surface area contributed by atoms with Gasteiger partial charge in [0.2, 0.25) is 5.91 Å². The molecule has 1 aliphatic rings. The zero-order chi connectivity index (χ0) is 10.1. The molecule has 0 saturated heterocycles. The Morgan fingerprint density at radius 1 is 1.43 bits per heavy atom. The molecule has 1 atom stereocenters. The number of carboxylic acids is 1. The van der Waals surface area contributed by atoms with Gasteiger partial charge in [-0.1, -0.05) is 24.3 Å². The number of rotatable bonds is 1. The molecule has 1 aromatic carbocycles. The summed E-state index contributed by atoms with van der Waals surface area (Å²) in [7, 11) is 0. The maximum absolute atomic E-state index is 11.2. The van der Waals surface area contributed by atoms with E-state index >= 15 is 0 Å². The molecule has 1 aliphatic heterocycles. The Hall–Kier alpha value is -1.84. The van der Waals surface area contributed by atoms with Crippen LogP contribution in [0.4, 0.5) is 0 Å². The minimum absolute atomic E-state index is 0.240. The van der Waals surface area contributed by atoms with E-state index in [2.05, 4.69) is 5.32 Å². The first-order valence-corrected chi connectivity index (χ1v) is 4.28. The Morgan fingerprint density at radius 3 is 2.86 bits per heavy atom. The molecule has 1 heterocycles. The second kappa shape index (κ2) is 3.14. The predicted octanol–water partition coefficient (Wildman–Crippen LogP) is 0.485. The average Bonchev–Trinajstić information content (AvgIpc) is 2.16. The third-order valence-corrected chi connectivity index (χ3v) is 2.27. The molecule has 1 amide bonds. The Balaban J connectivity index is 2.48. The molecule has 72 valence electrons. The van der Waals surface area contributed by atoms with E-state index in [-0.39, 0.29) is 12.3 Å². The topological polar surface area (TPSA) is 66.4 Å². The molecule has 1 unspecified atom stereocenters. The molecule has 2 N–H and O–H groups in total. The van der Waals surface area contributed by atoms with Gasteiger partial charge in [0, 0.05) is 0 Å². The fourth-order valence-electron chi connectivity index (χ4n) is 1.63. The first-order valence-electron chi connectivity index (χ1n) is 4.28. The summed E-state index contributed by atoms with van der Waals surface area (Å²) in [5.74, 6) is -1.26. The van der Waals surface area contributed by atoms with Crippen molar-refractivity contribution in [3.63, 3.8) is 0 Å². The number of carbonyl (C=O) groups is 2. The summed E-state index contributed by atoms with van der Waals surface area (Å²) in [6.45, 7) is 0. The van der Waals surface area contributed by atoms with E-state index in [1.54, 1.807) is 24.3 Å². The molecule has 0 aliphatic carbocycles. The lowest BCUT2D eigenvalue weighted by Gasteiger charge is -2.22. The highest BCUT2D eigenvalue weighted by atomic mass is 16.4. The van der Waals surface area contributed by atoms with Crippen molar-refractivity contribution in [1.82, 2.24) is 5.32 Å². The second-order valence-electron chi connectivity index (χ2n) is 3.21. The third-order valence-electron chi connectivity index (χ3n) is 2.27. The first kappa shape index (κ1) is 8.74. The molecule has 1 aromatic rings. The fourth-order valence-corrected chi connectivity index (χ4v) is 1.63. The Morgan fingerprint density at radius 2 is 2.14 bits per heavy atom. The van der Waals surface area contributed by atoms with Gasteiger partial charge in [-0.15, -0.1) is 0 Å². The molecule has 4 heteroatoms. The van der Waals surface area contributed by atoms with Crippen molar-refractivity contribution in [2.75, 3.05) is 0 Å². The normalized spacial score (nSPS) is 19.7. The van der Waals surface area contributed by atoms with Gasteiger partial charge in [-0.3, -0.25) is 4.79 Å². The van der Waals surface area contributed by atoms with E-state index in [9.17, 15) is 9.59 Å². The van der Waals surface area contributed by atoms with Crippen molar-refractivity contribution in [2.24, 2.45) is 0 Å². The summed E-state index contributed by atoms with van der Waals surface area (Å²) in [5, 5.41) is 11.3. The van der Waals surface area contributed by atoms with Crippen molar-refractivity contribution >= 4 is 11.9 Å². The zero-order valence-electron chi connectivity index (χ0n) is 7.36. The quantitative estimate of drug-likeness (QED) is 0.678. The zero-order valence-corrected chi connectivity index (χ0v) is 7.36. The van der Waals surface area contributed by atoms with Crippen LogP contribution in [0.5, 0.6) is 0 Å². The highest BCUT2D eigenvalue weighted by Crippen LogP contribution is 2.22. The largest absolute Gasteiger partial charge is 0.479 e.